The minimum Gasteiger partial charge on any atom is -0.489 e. The number of aliphatic carboxylic acids is 1. The van der Waals surface area contributed by atoms with E-state index in [-0.39, 0.29) is 23.5 Å². The van der Waals surface area contributed by atoms with Crippen LogP contribution in [0.1, 0.15) is 56.3 Å². The number of rotatable bonds is 8. The molecule has 176 valence electrons. The zero-order valence-electron chi connectivity index (χ0n) is 18.7. The molecule has 0 aliphatic heterocycles. The van der Waals surface area contributed by atoms with Gasteiger partial charge >= 0.3 is 12.1 Å². The number of hydrogen-bond donors (Lipinski definition) is 4. The Balaban J connectivity index is 1.71. The molecule has 3 rings (SSSR count). The number of aryl methyl sites for hydroxylation is 1. The van der Waals surface area contributed by atoms with Gasteiger partial charge in [-0.3, -0.25) is 15.1 Å². The molecular weight excluding hydrogens is 414 g/mol. The van der Waals surface area contributed by atoms with Crippen molar-refractivity contribution in [1.29, 1.82) is 0 Å². The number of pyridine rings is 1. The molecule has 1 heterocycles. The second kappa shape index (κ2) is 10.5. The molecular formula is C22H33N5O5. The SMILES string of the molecule is Cc1nc(/C(N)=C(\NC(=O)OCC2CC2)N(C)N)ccc1OC1CCCCC(C(=O)O)C1. The lowest BCUT2D eigenvalue weighted by Crippen LogP contribution is -2.39. The van der Waals surface area contributed by atoms with E-state index < -0.39 is 12.1 Å². The van der Waals surface area contributed by atoms with Crippen molar-refractivity contribution in [3.63, 3.8) is 0 Å². The summed E-state index contributed by atoms with van der Waals surface area (Å²) in [7, 11) is 1.55. The number of hydrazine groups is 1. The van der Waals surface area contributed by atoms with E-state index >= 15 is 0 Å². The third-order valence-corrected chi connectivity index (χ3v) is 5.81. The van der Waals surface area contributed by atoms with E-state index in [1.165, 1.54) is 5.01 Å². The highest BCUT2D eigenvalue weighted by molar-refractivity contribution is 5.74. The number of ether oxygens (including phenoxy) is 2. The van der Waals surface area contributed by atoms with Gasteiger partial charge < -0.3 is 20.3 Å². The third kappa shape index (κ3) is 6.49. The van der Waals surface area contributed by atoms with E-state index in [1.54, 1.807) is 26.1 Å². The van der Waals surface area contributed by atoms with Crippen LogP contribution in [0.3, 0.4) is 0 Å². The maximum atomic E-state index is 12.1. The quantitative estimate of drug-likeness (QED) is 0.267. The number of carboxylic acid groups (broad SMARTS) is 1. The topological polar surface area (TPSA) is 153 Å². The molecule has 0 aromatic carbocycles. The molecule has 2 aliphatic carbocycles. The summed E-state index contributed by atoms with van der Waals surface area (Å²) in [5.41, 5.74) is 7.47. The predicted molar refractivity (Wildman–Crippen MR) is 118 cm³/mol. The molecule has 1 aromatic heterocycles. The summed E-state index contributed by atoms with van der Waals surface area (Å²) in [6.45, 7) is 2.17. The number of nitrogens with two attached hydrogens (primary N) is 2. The van der Waals surface area contributed by atoms with Crippen LogP contribution in [-0.2, 0) is 9.53 Å². The zero-order chi connectivity index (χ0) is 23.3. The van der Waals surface area contributed by atoms with E-state index in [0.717, 1.165) is 32.1 Å². The van der Waals surface area contributed by atoms with Gasteiger partial charge in [0.15, 0.2) is 5.82 Å². The van der Waals surface area contributed by atoms with Gasteiger partial charge in [-0.25, -0.2) is 15.6 Å². The minimum atomic E-state index is -0.773. The van der Waals surface area contributed by atoms with Crippen LogP contribution in [0.25, 0.3) is 5.70 Å². The fraction of sp³-hybridized carbons (Fsp3) is 0.591. The fourth-order valence-corrected chi connectivity index (χ4v) is 3.73. The lowest BCUT2D eigenvalue weighted by Gasteiger charge is -2.22. The molecule has 0 radical (unpaired) electrons. The van der Waals surface area contributed by atoms with Crippen molar-refractivity contribution in [2.45, 2.75) is 58.0 Å². The van der Waals surface area contributed by atoms with Crippen LogP contribution >= 0.6 is 0 Å². The van der Waals surface area contributed by atoms with E-state index in [4.69, 9.17) is 21.1 Å². The number of alkyl carbamates (subject to hydrolysis) is 1. The molecule has 0 saturated heterocycles. The number of amides is 1. The van der Waals surface area contributed by atoms with Crippen molar-refractivity contribution in [3.05, 3.63) is 29.3 Å². The summed E-state index contributed by atoms with van der Waals surface area (Å²) >= 11 is 0. The molecule has 0 spiro atoms. The first-order valence-corrected chi connectivity index (χ1v) is 11.0. The first-order valence-electron chi connectivity index (χ1n) is 11.0. The lowest BCUT2D eigenvalue weighted by atomic mass is 9.99. The van der Waals surface area contributed by atoms with Crippen molar-refractivity contribution in [1.82, 2.24) is 15.3 Å². The molecule has 2 aliphatic rings. The second-order valence-corrected chi connectivity index (χ2v) is 8.62. The van der Waals surface area contributed by atoms with Gasteiger partial charge in [-0.1, -0.05) is 6.42 Å². The predicted octanol–water partition coefficient (Wildman–Crippen LogP) is 2.33. The number of hydrogen-bond acceptors (Lipinski definition) is 8. The highest BCUT2D eigenvalue weighted by Crippen LogP contribution is 2.30. The van der Waals surface area contributed by atoms with Crippen LogP contribution in [0.5, 0.6) is 5.75 Å². The average Bonchev–Trinajstić information content (AvgIpc) is 3.58. The Kier molecular flexibility index (Phi) is 7.79. The number of nitrogens with one attached hydrogen (secondary N) is 1. The largest absolute Gasteiger partial charge is 0.489 e. The third-order valence-electron chi connectivity index (χ3n) is 5.81. The highest BCUT2D eigenvalue weighted by atomic mass is 16.5. The van der Waals surface area contributed by atoms with E-state index in [0.29, 0.717) is 42.5 Å². The Morgan fingerprint density at radius 2 is 1.97 bits per heavy atom. The molecule has 2 saturated carbocycles. The molecule has 10 heteroatoms. The highest BCUT2D eigenvalue weighted by Gasteiger charge is 2.27. The normalized spacial score (nSPS) is 21.7. The van der Waals surface area contributed by atoms with Gasteiger partial charge in [0, 0.05) is 7.05 Å². The molecule has 10 nitrogen and oxygen atoms in total. The van der Waals surface area contributed by atoms with Crippen molar-refractivity contribution in [2.24, 2.45) is 23.4 Å². The summed E-state index contributed by atoms with van der Waals surface area (Å²) in [4.78, 5) is 28.0. The Labute approximate surface area is 187 Å². The maximum Gasteiger partial charge on any atom is 0.412 e. The van der Waals surface area contributed by atoms with Gasteiger partial charge in [-0.2, -0.15) is 0 Å². The standard InChI is InChI=1S/C22H33N5O5/c1-13-18(32-16-6-4-3-5-15(11-16)21(28)29)10-9-17(25-13)19(23)20(27(2)24)26-22(30)31-12-14-7-8-14/h9-10,14-16H,3-8,11-12,23-24H2,1-2H3,(H,26,30)(H,28,29)/b20-19-. The first-order chi connectivity index (χ1) is 15.2. The molecule has 2 unspecified atom stereocenters. The van der Waals surface area contributed by atoms with Gasteiger partial charge in [0.2, 0.25) is 0 Å². The summed E-state index contributed by atoms with van der Waals surface area (Å²) < 4.78 is 11.3. The van der Waals surface area contributed by atoms with Gasteiger partial charge in [-0.05, 0) is 63.5 Å². The van der Waals surface area contributed by atoms with Crippen molar-refractivity contribution in [3.8, 4) is 5.75 Å². The van der Waals surface area contributed by atoms with Crippen molar-refractivity contribution in [2.75, 3.05) is 13.7 Å². The Morgan fingerprint density at radius 3 is 2.59 bits per heavy atom. The van der Waals surface area contributed by atoms with E-state index in [2.05, 4.69) is 10.3 Å². The Bertz CT molecular complexity index is 868. The maximum absolute atomic E-state index is 12.1. The second-order valence-electron chi connectivity index (χ2n) is 8.62. The van der Waals surface area contributed by atoms with Crippen LogP contribution in [-0.4, -0.2) is 46.9 Å². The summed E-state index contributed by atoms with van der Waals surface area (Å²) in [6.07, 6.45) is 5.14. The fourth-order valence-electron chi connectivity index (χ4n) is 3.73. The van der Waals surface area contributed by atoms with Crippen molar-refractivity contribution < 1.29 is 24.2 Å². The lowest BCUT2D eigenvalue weighted by molar-refractivity contribution is -0.142. The van der Waals surface area contributed by atoms with Crippen LogP contribution in [0.4, 0.5) is 4.79 Å². The molecule has 1 aromatic rings. The van der Waals surface area contributed by atoms with E-state index in [9.17, 15) is 14.7 Å². The Morgan fingerprint density at radius 1 is 1.25 bits per heavy atom. The number of carboxylic acids is 1. The summed E-state index contributed by atoms with van der Waals surface area (Å²) in [5, 5.41) is 13.2. The summed E-state index contributed by atoms with van der Waals surface area (Å²) in [6, 6.07) is 3.44. The Hall–Kier alpha value is -3.01. The zero-order valence-corrected chi connectivity index (χ0v) is 18.7. The molecule has 32 heavy (non-hydrogen) atoms. The minimum absolute atomic E-state index is 0.175. The smallest absolute Gasteiger partial charge is 0.412 e. The van der Waals surface area contributed by atoms with Gasteiger partial charge in [0.05, 0.1) is 30.0 Å². The number of aromatic nitrogens is 1. The van der Waals surface area contributed by atoms with Gasteiger partial charge in [0.1, 0.15) is 11.4 Å². The van der Waals surface area contributed by atoms with Crippen LogP contribution < -0.4 is 21.6 Å². The molecule has 6 N–H and O–H groups in total. The molecule has 2 fully saturated rings. The molecule has 0 bridgehead atoms. The number of nitrogens with zero attached hydrogens (tertiary/aromatic N) is 2. The van der Waals surface area contributed by atoms with Crippen LogP contribution in [0.15, 0.2) is 18.0 Å². The van der Waals surface area contributed by atoms with Gasteiger partial charge in [0.25, 0.3) is 0 Å². The monoisotopic (exact) mass is 447 g/mol. The van der Waals surface area contributed by atoms with Gasteiger partial charge in [-0.15, -0.1) is 0 Å². The average molecular weight is 448 g/mol. The number of carbonyl (C=O) groups is 2. The molecule has 1 amide bonds. The first kappa shape index (κ1) is 23.6. The van der Waals surface area contributed by atoms with Crippen molar-refractivity contribution >= 4 is 17.8 Å². The van der Waals surface area contributed by atoms with Crippen LogP contribution in [0.2, 0.25) is 0 Å². The van der Waals surface area contributed by atoms with E-state index in [1.807, 2.05) is 0 Å². The summed E-state index contributed by atoms with van der Waals surface area (Å²) in [5.74, 6) is 5.90. The van der Waals surface area contributed by atoms with Crippen LogP contribution in [0, 0.1) is 18.8 Å². The molecule has 2 atom stereocenters. The number of carbonyl (C=O) groups excluding carboxylic acids is 1.